The Morgan fingerprint density at radius 3 is 2.44 bits per heavy atom. The van der Waals surface area contributed by atoms with E-state index in [1.54, 1.807) is 30.3 Å². The van der Waals surface area contributed by atoms with Crippen LogP contribution in [0.4, 0.5) is 16.2 Å². The lowest BCUT2D eigenvalue weighted by molar-refractivity contribution is 0.0589. The van der Waals surface area contributed by atoms with Crippen molar-refractivity contribution in [3.63, 3.8) is 0 Å². The number of likely N-dealkylation sites (tertiary alicyclic amines) is 2. The first kappa shape index (κ1) is 32.8. The molecule has 3 aromatic rings. The van der Waals surface area contributed by atoms with E-state index in [2.05, 4.69) is 20.5 Å². The van der Waals surface area contributed by atoms with Gasteiger partial charge in [-0.05, 0) is 88.2 Å². The van der Waals surface area contributed by atoms with Crippen molar-refractivity contribution in [1.29, 1.82) is 0 Å². The summed E-state index contributed by atoms with van der Waals surface area (Å²) >= 11 is 6.19. The molecule has 45 heavy (non-hydrogen) atoms. The molecule has 0 aliphatic carbocycles. The molecule has 0 bridgehead atoms. The van der Waals surface area contributed by atoms with Crippen LogP contribution in [0.1, 0.15) is 48.2 Å². The molecule has 5 rings (SSSR count). The number of benzene rings is 2. The third kappa shape index (κ3) is 7.98. The molecular formula is C32H41ClN6O5S. The maximum absolute atomic E-state index is 13.3. The minimum absolute atomic E-state index is 0.0905. The fourth-order valence-electron chi connectivity index (χ4n) is 6.19. The summed E-state index contributed by atoms with van der Waals surface area (Å²) in [6.07, 6.45) is 6.69. The fourth-order valence-corrected chi connectivity index (χ4v) is 7.13. The molecular weight excluding hydrogens is 616 g/mol. The number of fused-ring (bicyclic) bond motifs is 1. The number of pyridine rings is 1. The second-order valence-corrected chi connectivity index (χ2v) is 14.0. The number of hydrogen-bond donors (Lipinski definition) is 2. The monoisotopic (exact) mass is 656 g/mol. The quantitative estimate of drug-likeness (QED) is 0.322. The first-order valence-electron chi connectivity index (χ1n) is 15.3. The van der Waals surface area contributed by atoms with E-state index in [0.717, 1.165) is 58.8 Å². The van der Waals surface area contributed by atoms with Gasteiger partial charge in [0.05, 0.1) is 31.1 Å². The summed E-state index contributed by atoms with van der Waals surface area (Å²) < 4.78 is 31.5. The van der Waals surface area contributed by atoms with E-state index < -0.39 is 16.1 Å². The van der Waals surface area contributed by atoms with E-state index in [1.165, 1.54) is 26.4 Å². The van der Waals surface area contributed by atoms with Crippen LogP contribution in [0.2, 0.25) is 5.02 Å². The summed E-state index contributed by atoms with van der Waals surface area (Å²) in [5, 5.41) is 7.20. The van der Waals surface area contributed by atoms with E-state index in [1.807, 2.05) is 24.0 Å². The average Bonchev–Trinajstić information content (AvgIpc) is 3.03. The predicted molar refractivity (Wildman–Crippen MR) is 178 cm³/mol. The van der Waals surface area contributed by atoms with Gasteiger partial charge in [-0.15, -0.1) is 0 Å². The van der Waals surface area contributed by atoms with Gasteiger partial charge in [-0.3, -0.25) is 9.78 Å². The number of rotatable bonds is 9. The Balaban J connectivity index is 1.22. The van der Waals surface area contributed by atoms with Crippen molar-refractivity contribution in [2.24, 2.45) is 0 Å². The van der Waals surface area contributed by atoms with Gasteiger partial charge in [0.1, 0.15) is 5.75 Å². The minimum Gasteiger partial charge on any atom is -0.495 e. The number of nitrogens with one attached hydrogen (secondary N) is 2. The maximum atomic E-state index is 13.3. The van der Waals surface area contributed by atoms with Crippen molar-refractivity contribution in [2.45, 2.75) is 45.1 Å². The van der Waals surface area contributed by atoms with Crippen molar-refractivity contribution < 1.29 is 22.7 Å². The third-order valence-electron chi connectivity index (χ3n) is 8.50. The number of hydrogen-bond acceptors (Lipinski definition) is 8. The van der Waals surface area contributed by atoms with Crippen LogP contribution in [0.25, 0.3) is 10.9 Å². The number of carbonyl (C=O) groups excluding carboxylic acids is 2. The Morgan fingerprint density at radius 1 is 1.02 bits per heavy atom. The number of sulfonamides is 1. The zero-order valence-electron chi connectivity index (χ0n) is 26.0. The minimum atomic E-state index is -3.92. The van der Waals surface area contributed by atoms with E-state index >= 15 is 0 Å². The predicted octanol–water partition coefficient (Wildman–Crippen LogP) is 5.20. The molecule has 2 N–H and O–H groups in total. The van der Waals surface area contributed by atoms with E-state index in [-0.39, 0.29) is 30.4 Å². The number of halogens is 1. The number of nitrogens with zero attached hydrogens (tertiary/aromatic N) is 4. The van der Waals surface area contributed by atoms with Gasteiger partial charge >= 0.3 is 6.03 Å². The summed E-state index contributed by atoms with van der Waals surface area (Å²) in [7, 11) is -2.48. The van der Waals surface area contributed by atoms with Gasteiger partial charge in [0.25, 0.3) is 5.91 Å². The Hall–Kier alpha value is -3.61. The van der Waals surface area contributed by atoms with Crippen molar-refractivity contribution in [3.05, 3.63) is 58.7 Å². The van der Waals surface area contributed by atoms with Crippen LogP contribution >= 0.6 is 11.6 Å². The smallest absolute Gasteiger partial charge is 0.335 e. The molecule has 2 fully saturated rings. The van der Waals surface area contributed by atoms with Crippen molar-refractivity contribution in [2.75, 3.05) is 63.3 Å². The van der Waals surface area contributed by atoms with Crippen LogP contribution in [0.3, 0.4) is 0 Å². The molecule has 242 valence electrons. The van der Waals surface area contributed by atoms with Gasteiger partial charge in [-0.1, -0.05) is 18.0 Å². The molecule has 2 saturated heterocycles. The largest absolute Gasteiger partial charge is 0.495 e. The highest BCUT2D eigenvalue weighted by molar-refractivity contribution is 7.88. The van der Waals surface area contributed by atoms with Crippen molar-refractivity contribution in [3.8, 4) is 5.75 Å². The van der Waals surface area contributed by atoms with E-state index in [0.29, 0.717) is 29.7 Å². The number of urea groups is 1. The lowest BCUT2D eigenvalue weighted by atomic mass is 9.99. The van der Waals surface area contributed by atoms with Gasteiger partial charge in [0, 0.05) is 53.0 Å². The molecule has 0 spiro atoms. The van der Waals surface area contributed by atoms with Crippen LogP contribution in [0, 0.1) is 6.92 Å². The Labute approximate surface area is 269 Å². The first-order chi connectivity index (χ1) is 21.5. The first-order valence-corrected chi connectivity index (χ1v) is 17.6. The highest BCUT2D eigenvalue weighted by Gasteiger charge is 2.29. The van der Waals surface area contributed by atoms with Crippen LogP contribution in [-0.2, 0) is 10.0 Å². The Kier molecular flexibility index (Phi) is 10.4. The molecule has 0 unspecified atom stereocenters. The summed E-state index contributed by atoms with van der Waals surface area (Å²) in [4.78, 5) is 35.5. The lowest BCUT2D eigenvalue weighted by Crippen LogP contribution is -2.48. The molecule has 0 atom stereocenters. The number of carbonyl (C=O) groups is 2. The highest BCUT2D eigenvalue weighted by Crippen LogP contribution is 2.29. The average molecular weight is 657 g/mol. The van der Waals surface area contributed by atoms with Gasteiger partial charge in [-0.2, -0.15) is 0 Å². The van der Waals surface area contributed by atoms with E-state index in [9.17, 15) is 18.0 Å². The van der Waals surface area contributed by atoms with Crippen LogP contribution < -0.4 is 15.4 Å². The van der Waals surface area contributed by atoms with Gasteiger partial charge in [-0.25, -0.2) is 17.5 Å². The molecule has 13 heteroatoms. The van der Waals surface area contributed by atoms with Crippen LogP contribution in [0.5, 0.6) is 5.75 Å². The van der Waals surface area contributed by atoms with Crippen LogP contribution in [-0.4, -0.2) is 98.1 Å². The molecule has 2 aliphatic rings. The highest BCUT2D eigenvalue weighted by atomic mass is 35.5. The van der Waals surface area contributed by atoms with Crippen molar-refractivity contribution >= 4 is 55.8 Å². The van der Waals surface area contributed by atoms with Crippen molar-refractivity contribution in [1.82, 2.24) is 19.1 Å². The second-order valence-electron chi connectivity index (χ2n) is 11.7. The molecule has 0 radical (unpaired) electrons. The normalized spacial score (nSPS) is 16.4. The number of aromatic nitrogens is 1. The summed E-state index contributed by atoms with van der Waals surface area (Å²) in [5.41, 5.74) is 2.96. The number of methoxy groups -OCH3 is 1. The topological polar surface area (TPSA) is 124 Å². The third-order valence-corrected chi connectivity index (χ3v) is 9.89. The molecule has 11 nitrogen and oxygen atoms in total. The molecule has 1 aromatic heterocycles. The Morgan fingerprint density at radius 2 is 1.76 bits per heavy atom. The second kappa shape index (κ2) is 14.2. The SMILES string of the molecule is COc1cc(C(=O)N2CCC(N3CCCCC3)CC2)ccc1NC(=O)N(CCNc1cc(C)nc2ccc(Cl)cc12)S(C)(=O)=O. The molecule has 3 heterocycles. The summed E-state index contributed by atoms with van der Waals surface area (Å²) in [6, 6.07) is 11.7. The summed E-state index contributed by atoms with van der Waals surface area (Å²) in [5.74, 6) is 0.173. The van der Waals surface area contributed by atoms with Gasteiger partial charge < -0.3 is 25.2 Å². The summed E-state index contributed by atoms with van der Waals surface area (Å²) in [6.45, 7) is 5.55. The van der Waals surface area contributed by atoms with Gasteiger partial charge in [0.2, 0.25) is 10.0 Å². The van der Waals surface area contributed by atoms with E-state index in [4.69, 9.17) is 16.3 Å². The number of piperidine rings is 2. The zero-order chi connectivity index (χ0) is 32.1. The molecule has 3 amide bonds. The van der Waals surface area contributed by atoms with Gasteiger partial charge in [0.15, 0.2) is 0 Å². The Bertz CT molecular complexity index is 1660. The van der Waals surface area contributed by atoms with Crippen LogP contribution in [0.15, 0.2) is 42.5 Å². The fraction of sp³-hybridized carbons (Fsp3) is 0.469. The maximum Gasteiger partial charge on any atom is 0.335 e. The molecule has 0 saturated carbocycles. The lowest BCUT2D eigenvalue weighted by Gasteiger charge is -2.40. The zero-order valence-corrected chi connectivity index (χ0v) is 27.6. The standard InChI is InChI=1S/C32H41ClN6O5S/c1-22-19-29(26-21-24(33)8-10-27(26)35-22)34-13-18-39(45(3,42)43)32(41)36-28-9-7-23(20-30(28)44-2)31(40)38-16-11-25(12-17-38)37-14-5-4-6-15-37/h7-10,19-21,25H,4-6,11-18H2,1-3H3,(H,34,35)(H,36,41). The number of anilines is 2. The number of amides is 3. The number of ether oxygens (including phenoxy) is 1. The number of aryl methyl sites for hydroxylation is 1. The molecule has 2 aliphatic heterocycles. The molecule has 2 aromatic carbocycles.